The number of carbonyl (C=O) groups excluding carboxylic acids is 2. The van der Waals surface area contributed by atoms with Crippen LogP contribution in [0.2, 0.25) is 0 Å². The summed E-state index contributed by atoms with van der Waals surface area (Å²) in [6.07, 6.45) is 0. The van der Waals surface area contributed by atoms with E-state index in [1.54, 1.807) is 12.1 Å². The summed E-state index contributed by atoms with van der Waals surface area (Å²) in [6, 6.07) is 11.5. The van der Waals surface area contributed by atoms with Crippen LogP contribution in [0.1, 0.15) is 20.7 Å². The lowest BCUT2D eigenvalue weighted by molar-refractivity contribution is -0.384. The van der Waals surface area contributed by atoms with Crippen molar-refractivity contribution in [2.45, 2.75) is 0 Å². The van der Waals surface area contributed by atoms with Crippen LogP contribution in [0.3, 0.4) is 0 Å². The van der Waals surface area contributed by atoms with E-state index in [0.717, 1.165) is 6.07 Å². The summed E-state index contributed by atoms with van der Waals surface area (Å²) in [4.78, 5) is 33.8. The van der Waals surface area contributed by atoms with E-state index in [9.17, 15) is 19.7 Å². The number of nitro groups is 1. The van der Waals surface area contributed by atoms with Crippen LogP contribution in [-0.2, 0) is 0 Å². The highest BCUT2D eigenvalue weighted by Gasteiger charge is 2.12. The average Bonchev–Trinajstić information content (AvgIpc) is 2.59. The average molecular weight is 315 g/mol. The summed E-state index contributed by atoms with van der Waals surface area (Å²) in [5.41, 5.74) is 4.61. The number of rotatable bonds is 4. The van der Waals surface area contributed by atoms with E-state index in [-0.39, 0.29) is 11.3 Å². The van der Waals surface area contributed by atoms with E-state index in [4.69, 9.17) is 4.74 Å². The predicted octanol–water partition coefficient (Wildman–Crippen LogP) is 1.68. The number of nitrogens with zero attached hydrogens (tertiary/aromatic N) is 1. The standard InChI is InChI=1S/C15H13N3O5/c1-23-13-7-5-10(6-8-13)14(19)16-17-15(20)11-3-2-4-12(9-11)18(21)22/h2-9H,1H3,(H,16,19)(H,17,20). The fourth-order valence-corrected chi connectivity index (χ4v) is 1.76. The van der Waals surface area contributed by atoms with Gasteiger partial charge in [-0.3, -0.25) is 30.6 Å². The summed E-state index contributed by atoms with van der Waals surface area (Å²) in [6.45, 7) is 0. The van der Waals surface area contributed by atoms with Crippen molar-refractivity contribution in [3.63, 3.8) is 0 Å². The minimum absolute atomic E-state index is 0.0641. The van der Waals surface area contributed by atoms with Crippen LogP contribution < -0.4 is 15.6 Å². The molecule has 0 aliphatic carbocycles. The zero-order valence-corrected chi connectivity index (χ0v) is 12.1. The van der Waals surface area contributed by atoms with Crippen molar-refractivity contribution < 1.29 is 19.2 Å². The zero-order chi connectivity index (χ0) is 16.8. The van der Waals surface area contributed by atoms with Crippen molar-refractivity contribution in [2.24, 2.45) is 0 Å². The Morgan fingerprint density at radius 3 is 2.17 bits per heavy atom. The van der Waals surface area contributed by atoms with Gasteiger partial charge in [0.25, 0.3) is 17.5 Å². The number of nitrogens with one attached hydrogen (secondary N) is 2. The lowest BCUT2D eigenvalue weighted by atomic mass is 10.2. The molecule has 0 aromatic heterocycles. The molecular weight excluding hydrogens is 302 g/mol. The van der Waals surface area contributed by atoms with Crippen molar-refractivity contribution >= 4 is 17.5 Å². The Bertz CT molecular complexity index is 743. The second kappa shape index (κ2) is 7.03. The molecule has 0 aliphatic rings. The molecule has 2 aromatic rings. The minimum Gasteiger partial charge on any atom is -0.497 e. The predicted molar refractivity (Wildman–Crippen MR) is 81.0 cm³/mol. The zero-order valence-electron chi connectivity index (χ0n) is 12.1. The third-order valence-electron chi connectivity index (χ3n) is 2.96. The molecule has 0 fully saturated rings. The van der Waals surface area contributed by atoms with Gasteiger partial charge in [-0.05, 0) is 30.3 Å². The minimum atomic E-state index is -0.657. The normalized spacial score (nSPS) is 9.78. The first-order valence-electron chi connectivity index (χ1n) is 6.50. The molecule has 0 radical (unpaired) electrons. The Kier molecular flexibility index (Phi) is 4.88. The Morgan fingerprint density at radius 2 is 1.61 bits per heavy atom. The Labute approximate surface area is 131 Å². The van der Waals surface area contributed by atoms with Gasteiger partial charge in [0, 0.05) is 23.3 Å². The number of hydrazine groups is 1. The number of carbonyl (C=O) groups is 2. The quantitative estimate of drug-likeness (QED) is 0.658. The van der Waals surface area contributed by atoms with Gasteiger partial charge < -0.3 is 4.74 Å². The molecule has 8 nitrogen and oxygen atoms in total. The highest BCUT2D eigenvalue weighted by Crippen LogP contribution is 2.13. The van der Waals surface area contributed by atoms with Gasteiger partial charge in [0.2, 0.25) is 0 Å². The maximum Gasteiger partial charge on any atom is 0.270 e. The largest absolute Gasteiger partial charge is 0.497 e. The maximum atomic E-state index is 11.9. The first kappa shape index (κ1) is 16.0. The number of hydrogen-bond donors (Lipinski definition) is 2. The third kappa shape index (κ3) is 4.03. The van der Waals surface area contributed by atoms with Crippen LogP contribution in [0.25, 0.3) is 0 Å². The Hall–Kier alpha value is -3.42. The maximum absolute atomic E-state index is 11.9. The monoisotopic (exact) mass is 315 g/mol. The van der Waals surface area contributed by atoms with Gasteiger partial charge in [0.05, 0.1) is 12.0 Å². The van der Waals surface area contributed by atoms with E-state index in [1.165, 1.54) is 37.4 Å². The molecule has 118 valence electrons. The first-order chi connectivity index (χ1) is 11.0. The van der Waals surface area contributed by atoms with Crippen LogP contribution in [-0.4, -0.2) is 23.8 Å². The number of non-ortho nitro benzene ring substituents is 1. The van der Waals surface area contributed by atoms with Gasteiger partial charge in [-0.2, -0.15) is 0 Å². The number of amides is 2. The van der Waals surface area contributed by atoms with Crippen molar-refractivity contribution in [3.05, 3.63) is 69.8 Å². The van der Waals surface area contributed by atoms with E-state index in [0.29, 0.717) is 11.3 Å². The summed E-state index contributed by atoms with van der Waals surface area (Å²) in [5.74, 6) is -0.579. The summed E-state index contributed by atoms with van der Waals surface area (Å²) >= 11 is 0. The van der Waals surface area contributed by atoms with Crippen molar-refractivity contribution in [1.82, 2.24) is 10.9 Å². The number of hydrogen-bond acceptors (Lipinski definition) is 5. The van der Waals surface area contributed by atoms with Gasteiger partial charge in [-0.1, -0.05) is 6.07 Å². The third-order valence-corrected chi connectivity index (χ3v) is 2.96. The second-order valence-corrected chi connectivity index (χ2v) is 4.44. The van der Waals surface area contributed by atoms with Gasteiger partial charge in [0.15, 0.2) is 0 Å². The molecule has 0 aliphatic heterocycles. The fraction of sp³-hybridized carbons (Fsp3) is 0.0667. The van der Waals surface area contributed by atoms with Gasteiger partial charge in [-0.25, -0.2) is 0 Å². The lowest BCUT2D eigenvalue weighted by Crippen LogP contribution is -2.41. The van der Waals surface area contributed by atoms with Crippen LogP contribution in [0, 0.1) is 10.1 Å². The second-order valence-electron chi connectivity index (χ2n) is 4.44. The molecule has 2 N–H and O–H groups in total. The van der Waals surface area contributed by atoms with Crippen molar-refractivity contribution in [2.75, 3.05) is 7.11 Å². The Morgan fingerprint density at radius 1 is 1.00 bits per heavy atom. The van der Waals surface area contributed by atoms with Crippen LogP contribution >= 0.6 is 0 Å². The summed E-state index contributed by atoms with van der Waals surface area (Å²) in [7, 11) is 1.51. The molecule has 2 amide bonds. The van der Waals surface area contributed by atoms with E-state index in [1.807, 2.05) is 0 Å². The highest BCUT2D eigenvalue weighted by molar-refractivity contribution is 5.99. The lowest BCUT2D eigenvalue weighted by Gasteiger charge is -2.08. The van der Waals surface area contributed by atoms with Crippen LogP contribution in [0.5, 0.6) is 5.75 Å². The van der Waals surface area contributed by atoms with Crippen LogP contribution in [0.15, 0.2) is 48.5 Å². The van der Waals surface area contributed by atoms with E-state index < -0.39 is 16.7 Å². The molecular formula is C15H13N3O5. The number of methoxy groups -OCH3 is 1. The molecule has 0 bridgehead atoms. The molecule has 8 heteroatoms. The fourth-order valence-electron chi connectivity index (χ4n) is 1.76. The van der Waals surface area contributed by atoms with Crippen LogP contribution in [0.4, 0.5) is 5.69 Å². The molecule has 23 heavy (non-hydrogen) atoms. The van der Waals surface area contributed by atoms with Gasteiger partial charge >= 0.3 is 0 Å². The smallest absolute Gasteiger partial charge is 0.270 e. The summed E-state index contributed by atoms with van der Waals surface area (Å²) < 4.78 is 4.98. The van der Waals surface area contributed by atoms with Crippen molar-refractivity contribution in [1.29, 1.82) is 0 Å². The topological polar surface area (TPSA) is 111 Å². The number of ether oxygens (including phenoxy) is 1. The molecule has 0 unspecified atom stereocenters. The number of nitro benzene ring substituents is 1. The number of benzene rings is 2. The molecule has 2 aromatic carbocycles. The van der Waals surface area contributed by atoms with Gasteiger partial charge in [-0.15, -0.1) is 0 Å². The highest BCUT2D eigenvalue weighted by atomic mass is 16.6. The molecule has 0 heterocycles. The Balaban J connectivity index is 1.99. The summed E-state index contributed by atoms with van der Waals surface area (Å²) in [5, 5.41) is 10.7. The first-order valence-corrected chi connectivity index (χ1v) is 6.50. The molecule has 0 atom stereocenters. The van der Waals surface area contributed by atoms with E-state index in [2.05, 4.69) is 10.9 Å². The molecule has 0 saturated carbocycles. The van der Waals surface area contributed by atoms with Gasteiger partial charge in [0.1, 0.15) is 5.75 Å². The SMILES string of the molecule is COc1ccc(C(=O)NNC(=O)c2cccc([N+](=O)[O-])c2)cc1. The molecule has 2 rings (SSSR count). The van der Waals surface area contributed by atoms with Crippen molar-refractivity contribution in [3.8, 4) is 5.75 Å². The van der Waals surface area contributed by atoms with E-state index >= 15 is 0 Å². The molecule has 0 spiro atoms. The molecule has 0 saturated heterocycles.